The first kappa shape index (κ1) is 21.9. The maximum absolute atomic E-state index is 12.5. The Morgan fingerprint density at radius 2 is 1.58 bits per heavy atom. The molecule has 1 aliphatic carbocycles. The van der Waals surface area contributed by atoms with Crippen LogP contribution in [0.3, 0.4) is 0 Å². The number of hydrogen-bond donors (Lipinski definition) is 2. The number of aliphatic hydroxyl groups excluding tert-OH is 1. The van der Waals surface area contributed by atoms with Crippen LogP contribution in [0.25, 0.3) is 22.5 Å². The Kier molecular flexibility index (Phi) is 5.81. The third kappa shape index (κ3) is 4.21. The van der Waals surface area contributed by atoms with E-state index in [0.717, 1.165) is 78.0 Å². The fourth-order valence-electron chi connectivity index (χ4n) is 4.91. The lowest BCUT2D eigenvalue weighted by Crippen LogP contribution is -2.27. The molecule has 2 heterocycles. The van der Waals surface area contributed by atoms with E-state index >= 15 is 0 Å². The molecule has 5 rings (SSSR count). The molecule has 0 atom stereocenters. The Bertz CT molecular complexity index is 1120. The predicted octanol–water partition coefficient (Wildman–Crippen LogP) is 4.21. The van der Waals surface area contributed by atoms with Crippen LogP contribution in [0.1, 0.15) is 48.9 Å². The Morgan fingerprint density at radius 1 is 1.00 bits per heavy atom. The summed E-state index contributed by atoms with van der Waals surface area (Å²) in [6.07, 6.45) is 3.60. The molecule has 1 saturated carbocycles. The van der Waals surface area contributed by atoms with Gasteiger partial charge in [-0.05, 0) is 55.7 Å². The summed E-state index contributed by atoms with van der Waals surface area (Å²) in [6.45, 7) is 3.67. The number of nitrogens with zero attached hydrogens (tertiary/aromatic N) is 2. The first-order chi connectivity index (χ1) is 16.0. The summed E-state index contributed by atoms with van der Waals surface area (Å²) in [4.78, 5) is 14.4. The number of aliphatic hydroxyl groups is 2. The van der Waals surface area contributed by atoms with E-state index in [0.29, 0.717) is 12.8 Å². The molecule has 2 aliphatic rings. The van der Waals surface area contributed by atoms with E-state index in [1.165, 1.54) is 0 Å². The van der Waals surface area contributed by atoms with Crippen LogP contribution in [0.15, 0.2) is 53.1 Å². The Balaban J connectivity index is 1.30. The topological polar surface area (TPSA) is 86.8 Å². The van der Waals surface area contributed by atoms with E-state index in [9.17, 15) is 15.0 Å². The van der Waals surface area contributed by atoms with Crippen molar-refractivity contribution in [2.24, 2.45) is 0 Å². The average Bonchev–Trinajstić information content (AvgIpc) is 3.30. The fraction of sp³-hybridized carbons (Fsp3) is 0.407. The zero-order valence-electron chi connectivity index (χ0n) is 19.0. The van der Waals surface area contributed by atoms with Crippen molar-refractivity contribution in [2.45, 2.75) is 57.2 Å². The number of carbonyl (C=O) groups excluding carboxylic acids is 1. The Morgan fingerprint density at radius 3 is 2.15 bits per heavy atom. The van der Waals surface area contributed by atoms with Gasteiger partial charge in [0.1, 0.15) is 0 Å². The van der Waals surface area contributed by atoms with Crippen LogP contribution in [0.5, 0.6) is 0 Å². The van der Waals surface area contributed by atoms with Crippen LogP contribution in [0.4, 0.5) is 0 Å². The standard InChI is InChI=1S/C27H30N2O4/c1-18-23(12-13-24(30)29-16-2-3-17-29)25(33-28-18)21-6-4-19(5-7-21)20-8-10-22(11-9-20)27(14-15-27)26(31)32/h4-11,26,31-32H,2-3,12-17H2,1H3. The molecule has 1 amide bonds. The van der Waals surface area contributed by atoms with Crippen LogP contribution in [-0.4, -0.2) is 45.6 Å². The van der Waals surface area contributed by atoms with Crippen LogP contribution >= 0.6 is 0 Å². The van der Waals surface area contributed by atoms with Gasteiger partial charge in [-0.2, -0.15) is 0 Å². The smallest absolute Gasteiger partial charge is 0.222 e. The van der Waals surface area contributed by atoms with E-state index in [1.807, 2.05) is 48.2 Å². The third-order valence-electron chi connectivity index (χ3n) is 7.26. The van der Waals surface area contributed by atoms with E-state index in [1.54, 1.807) is 0 Å². The van der Waals surface area contributed by atoms with Gasteiger partial charge in [-0.1, -0.05) is 53.7 Å². The minimum atomic E-state index is -1.31. The summed E-state index contributed by atoms with van der Waals surface area (Å²) in [5, 5.41) is 23.5. The number of amides is 1. The molecule has 2 fully saturated rings. The molecule has 6 nitrogen and oxygen atoms in total. The van der Waals surface area contributed by atoms with Gasteiger partial charge >= 0.3 is 0 Å². The molecule has 172 valence electrons. The molecule has 0 bridgehead atoms. The van der Waals surface area contributed by atoms with Crippen LogP contribution < -0.4 is 0 Å². The summed E-state index contributed by atoms with van der Waals surface area (Å²) >= 11 is 0. The van der Waals surface area contributed by atoms with Gasteiger partial charge in [0.2, 0.25) is 5.91 Å². The molecule has 6 heteroatoms. The van der Waals surface area contributed by atoms with Gasteiger partial charge in [0.05, 0.1) is 5.69 Å². The quantitative estimate of drug-likeness (QED) is 0.531. The summed E-state index contributed by atoms with van der Waals surface area (Å²) in [5.41, 5.74) is 5.40. The monoisotopic (exact) mass is 446 g/mol. The highest BCUT2D eigenvalue weighted by Gasteiger charge is 2.49. The zero-order valence-corrected chi connectivity index (χ0v) is 19.0. The Labute approximate surface area is 193 Å². The molecule has 1 aliphatic heterocycles. The number of likely N-dealkylation sites (tertiary alicyclic amines) is 1. The van der Waals surface area contributed by atoms with E-state index in [-0.39, 0.29) is 5.91 Å². The van der Waals surface area contributed by atoms with Crippen molar-refractivity contribution in [3.05, 3.63) is 65.4 Å². The first-order valence-electron chi connectivity index (χ1n) is 11.8. The van der Waals surface area contributed by atoms with Crippen LogP contribution in [0, 0.1) is 6.92 Å². The highest BCUT2D eigenvalue weighted by atomic mass is 16.5. The number of aryl methyl sites for hydroxylation is 1. The molecule has 0 spiro atoms. The normalized spacial score (nSPS) is 17.0. The second kappa shape index (κ2) is 8.76. The van der Waals surface area contributed by atoms with Gasteiger partial charge in [-0.25, -0.2) is 0 Å². The highest BCUT2D eigenvalue weighted by molar-refractivity contribution is 5.77. The Hall–Kier alpha value is -2.96. The zero-order chi connectivity index (χ0) is 23.0. The second-order valence-corrected chi connectivity index (χ2v) is 9.35. The third-order valence-corrected chi connectivity index (χ3v) is 7.26. The van der Waals surface area contributed by atoms with Crippen molar-refractivity contribution in [1.29, 1.82) is 0 Å². The lowest BCUT2D eigenvalue weighted by Gasteiger charge is -2.18. The molecule has 2 aromatic carbocycles. The molecule has 0 unspecified atom stereocenters. The number of hydrogen-bond acceptors (Lipinski definition) is 5. The molecular formula is C27H30N2O4. The van der Waals surface area contributed by atoms with Crippen molar-refractivity contribution in [2.75, 3.05) is 13.1 Å². The lowest BCUT2D eigenvalue weighted by atomic mass is 9.93. The van der Waals surface area contributed by atoms with Gasteiger partial charge in [0.15, 0.2) is 12.1 Å². The molecular weight excluding hydrogens is 416 g/mol. The van der Waals surface area contributed by atoms with Crippen molar-refractivity contribution in [3.8, 4) is 22.5 Å². The SMILES string of the molecule is Cc1noc(-c2ccc(-c3ccc(C4(C(O)O)CC4)cc3)cc2)c1CCC(=O)N1CCCC1. The number of benzene rings is 2. The van der Waals surface area contributed by atoms with Gasteiger partial charge in [-0.3, -0.25) is 4.79 Å². The molecule has 0 radical (unpaired) electrons. The largest absolute Gasteiger partial charge is 0.367 e. The number of carbonyl (C=O) groups is 1. The first-order valence-corrected chi connectivity index (χ1v) is 11.8. The second-order valence-electron chi connectivity index (χ2n) is 9.35. The minimum absolute atomic E-state index is 0.208. The van der Waals surface area contributed by atoms with Crippen molar-refractivity contribution >= 4 is 5.91 Å². The maximum atomic E-state index is 12.5. The van der Waals surface area contributed by atoms with Crippen molar-refractivity contribution < 1.29 is 19.5 Å². The van der Waals surface area contributed by atoms with Gasteiger partial charge in [0, 0.05) is 36.1 Å². The molecule has 1 aromatic heterocycles. The van der Waals surface area contributed by atoms with Gasteiger partial charge < -0.3 is 19.6 Å². The lowest BCUT2D eigenvalue weighted by molar-refractivity contribution is -0.130. The summed E-state index contributed by atoms with van der Waals surface area (Å²) < 4.78 is 5.65. The van der Waals surface area contributed by atoms with Gasteiger partial charge in [0.25, 0.3) is 0 Å². The van der Waals surface area contributed by atoms with Crippen LogP contribution in [0.2, 0.25) is 0 Å². The van der Waals surface area contributed by atoms with E-state index < -0.39 is 11.7 Å². The van der Waals surface area contributed by atoms with Crippen molar-refractivity contribution in [3.63, 3.8) is 0 Å². The molecule has 1 saturated heterocycles. The number of aromatic nitrogens is 1. The van der Waals surface area contributed by atoms with E-state index in [2.05, 4.69) is 17.3 Å². The summed E-state index contributed by atoms with van der Waals surface area (Å²) in [6, 6.07) is 16.2. The average molecular weight is 447 g/mol. The minimum Gasteiger partial charge on any atom is -0.367 e. The highest BCUT2D eigenvalue weighted by Crippen LogP contribution is 2.50. The summed E-state index contributed by atoms with van der Waals surface area (Å²) in [7, 11) is 0. The maximum Gasteiger partial charge on any atom is 0.222 e. The fourth-order valence-corrected chi connectivity index (χ4v) is 4.91. The molecule has 2 N–H and O–H groups in total. The van der Waals surface area contributed by atoms with Gasteiger partial charge in [-0.15, -0.1) is 0 Å². The summed E-state index contributed by atoms with van der Waals surface area (Å²) in [5.74, 6) is 0.941. The van der Waals surface area contributed by atoms with E-state index in [4.69, 9.17) is 4.52 Å². The number of rotatable bonds is 7. The molecule has 33 heavy (non-hydrogen) atoms. The predicted molar refractivity (Wildman–Crippen MR) is 125 cm³/mol. The van der Waals surface area contributed by atoms with Crippen LogP contribution in [-0.2, 0) is 16.6 Å². The molecule has 3 aromatic rings. The van der Waals surface area contributed by atoms with Crippen molar-refractivity contribution in [1.82, 2.24) is 10.1 Å².